The maximum atomic E-state index is 13.1. The molecule has 0 aliphatic carbocycles. The van der Waals surface area contributed by atoms with Crippen LogP contribution in [0.2, 0.25) is 5.02 Å². The molecule has 1 amide bonds. The number of carbonyl (C=O) groups is 1. The van der Waals surface area contributed by atoms with Gasteiger partial charge >= 0.3 is 0 Å². The van der Waals surface area contributed by atoms with Crippen LogP contribution in [0.15, 0.2) is 77.7 Å². The van der Waals surface area contributed by atoms with Gasteiger partial charge in [0, 0.05) is 5.69 Å². The fourth-order valence-electron chi connectivity index (χ4n) is 3.16. The van der Waals surface area contributed by atoms with Gasteiger partial charge in [0.2, 0.25) is 15.9 Å². The van der Waals surface area contributed by atoms with E-state index < -0.39 is 22.0 Å². The lowest BCUT2D eigenvalue weighted by atomic mass is 10.1. The molecule has 0 saturated carbocycles. The molecule has 2 N–H and O–H groups in total. The third-order valence-corrected chi connectivity index (χ3v) is 6.72. The molecule has 0 aromatic heterocycles. The molecule has 0 fully saturated rings. The number of hydrogen-bond acceptors (Lipinski definition) is 4. The minimum Gasteiger partial charge on any atom is -0.495 e. The zero-order valence-electron chi connectivity index (χ0n) is 17.8. The van der Waals surface area contributed by atoms with Crippen molar-refractivity contribution in [3.63, 3.8) is 0 Å². The third-order valence-electron chi connectivity index (χ3n) is 4.96. The van der Waals surface area contributed by atoms with Gasteiger partial charge in [-0.15, -0.1) is 0 Å². The zero-order chi connectivity index (χ0) is 23.1. The van der Waals surface area contributed by atoms with Crippen molar-refractivity contribution in [2.45, 2.75) is 30.7 Å². The summed E-state index contributed by atoms with van der Waals surface area (Å²) in [5.41, 5.74) is 2.56. The topological polar surface area (TPSA) is 84.5 Å². The molecule has 0 bridgehead atoms. The fourth-order valence-corrected chi connectivity index (χ4v) is 4.70. The molecule has 3 aromatic rings. The fraction of sp³-hybridized carbons (Fsp3) is 0.208. The van der Waals surface area contributed by atoms with Crippen LogP contribution >= 0.6 is 11.6 Å². The van der Waals surface area contributed by atoms with E-state index in [1.165, 1.54) is 25.3 Å². The Hall–Kier alpha value is -2.87. The van der Waals surface area contributed by atoms with Gasteiger partial charge in [-0.25, -0.2) is 8.42 Å². The van der Waals surface area contributed by atoms with Crippen molar-refractivity contribution in [3.8, 4) is 5.75 Å². The number of hydrogen-bond donors (Lipinski definition) is 2. The van der Waals surface area contributed by atoms with Crippen LogP contribution in [0.3, 0.4) is 0 Å². The highest BCUT2D eigenvalue weighted by Gasteiger charge is 2.27. The van der Waals surface area contributed by atoms with E-state index in [-0.39, 0.29) is 16.3 Å². The van der Waals surface area contributed by atoms with Gasteiger partial charge in [0.15, 0.2) is 0 Å². The number of halogens is 1. The number of sulfonamides is 1. The number of rotatable bonds is 9. The first-order valence-corrected chi connectivity index (χ1v) is 12.0. The summed E-state index contributed by atoms with van der Waals surface area (Å²) in [6.07, 6.45) is 1.07. The predicted molar refractivity (Wildman–Crippen MR) is 127 cm³/mol. The van der Waals surface area contributed by atoms with E-state index in [2.05, 4.69) is 10.0 Å². The molecule has 0 aliphatic rings. The monoisotopic (exact) mass is 472 g/mol. The molecular formula is C24H25ClN2O4S. The molecule has 0 radical (unpaired) electrons. The van der Waals surface area contributed by atoms with Gasteiger partial charge in [0.25, 0.3) is 0 Å². The third kappa shape index (κ3) is 6.09. The van der Waals surface area contributed by atoms with Gasteiger partial charge < -0.3 is 10.1 Å². The second-order valence-corrected chi connectivity index (χ2v) is 9.32. The minimum atomic E-state index is -4.03. The number of amides is 1. The number of nitrogens with one attached hydrogen (secondary N) is 2. The standard InChI is InChI=1S/C24H25ClN2O4S/c1-3-17-9-11-19(12-10-17)26-24(28)22(15-18-7-5-4-6-8-18)27-32(29,30)20-13-14-23(31-2)21(25)16-20/h4-14,16,22,27H,3,15H2,1-2H3,(H,26,28)/t22-/m0/s1. The maximum Gasteiger partial charge on any atom is 0.242 e. The van der Waals surface area contributed by atoms with Crippen molar-refractivity contribution in [3.05, 3.63) is 88.9 Å². The first-order valence-electron chi connectivity index (χ1n) is 10.1. The SMILES string of the molecule is CCc1ccc(NC(=O)[C@H](Cc2ccccc2)NS(=O)(=O)c2ccc(OC)c(Cl)c2)cc1. The van der Waals surface area contributed by atoms with Gasteiger partial charge in [-0.3, -0.25) is 4.79 Å². The Morgan fingerprint density at radius 2 is 1.69 bits per heavy atom. The van der Waals surface area contributed by atoms with Crippen LogP contribution in [0.4, 0.5) is 5.69 Å². The quantitative estimate of drug-likeness (QED) is 0.482. The van der Waals surface area contributed by atoms with Crippen molar-refractivity contribution in [2.24, 2.45) is 0 Å². The lowest BCUT2D eigenvalue weighted by Crippen LogP contribution is -2.45. The number of anilines is 1. The van der Waals surface area contributed by atoms with Crippen LogP contribution in [-0.2, 0) is 27.7 Å². The van der Waals surface area contributed by atoms with Crippen LogP contribution in [-0.4, -0.2) is 27.5 Å². The van der Waals surface area contributed by atoms with E-state index in [4.69, 9.17) is 16.3 Å². The van der Waals surface area contributed by atoms with Crippen molar-refractivity contribution in [1.29, 1.82) is 0 Å². The summed E-state index contributed by atoms with van der Waals surface area (Å²) < 4.78 is 33.7. The molecule has 0 saturated heterocycles. The highest BCUT2D eigenvalue weighted by Crippen LogP contribution is 2.27. The Morgan fingerprint density at radius 1 is 1.00 bits per heavy atom. The zero-order valence-corrected chi connectivity index (χ0v) is 19.4. The Morgan fingerprint density at radius 3 is 2.28 bits per heavy atom. The molecule has 3 aromatic carbocycles. The van der Waals surface area contributed by atoms with Crippen molar-refractivity contribution < 1.29 is 17.9 Å². The van der Waals surface area contributed by atoms with Gasteiger partial charge in [-0.1, -0.05) is 61.0 Å². The van der Waals surface area contributed by atoms with Crippen LogP contribution < -0.4 is 14.8 Å². The van der Waals surface area contributed by atoms with Crippen LogP contribution in [0.25, 0.3) is 0 Å². The molecule has 3 rings (SSSR count). The van der Waals surface area contributed by atoms with E-state index in [1.54, 1.807) is 12.1 Å². The Balaban J connectivity index is 1.86. The van der Waals surface area contributed by atoms with E-state index >= 15 is 0 Å². The van der Waals surface area contributed by atoms with Crippen molar-refractivity contribution >= 4 is 33.2 Å². The second kappa shape index (κ2) is 10.6. The van der Waals surface area contributed by atoms with Gasteiger partial charge in [0.05, 0.1) is 17.0 Å². The van der Waals surface area contributed by atoms with Crippen LogP contribution in [0.1, 0.15) is 18.1 Å². The largest absolute Gasteiger partial charge is 0.495 e. The van der Waals surface area contributed by atoms with Gasteiger partial charge in [-0.2, -0.15) is 4.72 Å². The van der Waals surface area contributed by atoms with E-state index in [0.29, 0.717) is 11.4 Å². The molecule has 6 nitrogen and oxygen atoms in total. The number of methoxy groups -OCH3 is 1. The Labute approximate surface area is 193 Å². The molecule has 0 unspecified atom stereocenters. The smallest absolute Gasteiger partial charge is 0.242 e. The molecule has 32 heavy (non-hydrogen) atoms. The molecule has 168 valence electrons. The number of benzene rings is 3. The van der Waals surface area contributed by atoms with E-state index in [0.717, 1.165) is 17.5 Å². The Kier molecular flexibility index (Phi) is 7.90. The first-order chi connectivity index (χ1) is 15.3. The van der Waals surface area contributed by atoms with Gasteiger partial charge in [0.1, 0.15) is 11.8 Å². The average molecular weight is 473 g/mol. The minimum absolute atomic E-state index is 0.0542. The molecule has 0 aliphatic heterocycles. The normalized spacial score (nSPS) is 12.2. The summed E-state index contributed by atoms with van der Waals surface area (Å²) in [6, 6.07) is 19.8. The highest BCUT2D eigenvalue weighted by atomic mass is 35.5. The van der Waals surface area contributed by atoms with Crippen LogP contribution in [0.5, 0.6) is 5.75 Å². The van der Waals surface area contributed by atoms with Crippen molar-refractivity contribution in [2.75, 3.05) is 12.4 Å². The van der Waals surface area contributed by atoms with E-state index in [1.807, 2.05) is 49.4 Å². The molecular weight excluding hydrogens is 448 g/mol. The molecule has 1 atom stereocenters. The van der Waals surface area contributed by atoms with E-state index in [9.17, 15) is 13.2 Å². The van der Waals surface area contributed by atoms with Gasteiger partial charge in [-0.05, 0) is 54.3 Å². The van der Waals surface area contributed by atoms with Crippen LogP contribution in [0, 0.1) is 0 Å². The summed E-state index contributed by atoms with van der Waals surface area (Å²) in [7, 11) is -2.58. The Bertz CT molecular complexity index is 1170. The molecule has 0 spiro atoms. The maximum absolute atomic E-state index is 13.1. The number of aryl methyl sites for hydroxylation is 1. The molecule has 0 heterocycles. The second-order valence-electron chi connectivity index (χ2n) is 7.20. The molecule has 8 heteroatoms. The summed E-state index contributed by atoms with van der Waals surface area (Å²) in [4.78, 5) is 13.0. The number of ether oxygens (including phenoxy) is 1. The van der Waals surface area contributed by atoms with Crippen molar-refractivity contribution in [1.82, 2.24) is 4.72 Å². The summed E-state index contributed by atoms with van der Waals surface area (Å²) in [5.74, 6) is -0.0963. The lowest BCUT2D eigenvalue weighted by Gasteiger charge is -2.19. The summed E-state index contributed by atoms with van der Waals surface area (Å²) >= 11 is 6.10. The average Bonchev–Trinajstić information content (AvgIpc) is 2.79. The highest BCUT2D eigenvalue weighted by molar-refractivity contribution is 7.89. The summed E-state index contributed by atoms with van der Waals surface area (Å²) in [6.45, 7) is 2.05. The predicted octanol–water partition coefficient (Wildman–Crippen LogP) is 4.44. The lowest BCUT2D eigenvalue weighted by molar-refractivity contribution is -0.117. The number of carbonyl (C=O) groups excluding carboxylic acids is 1. The first kappa shape index (κ1) is 23.8. The summed E-state index contributed by atoms with van der Waals surface area (Å²) in [5, 5.41) is 2.97.